The highest BCUT2D eigenvalue weighted by molar-refractivity contribution is 5.96. The van der Waals surface area contributed by atoms with Gasteiger partial charge in [0.05, 0.1) is 18.8 Å². The summed E-state index contributed by atoms with van der Waals surface area (Å²) in [5.74, 6) is 0.771. The molecular weight excluding hydrogens is 404 g/mol. The molecule has 32 heavy (non-hydrogen) atoms. The van der Waals surface area contributed by atoms with Gasteiger partial charge < -0.3 is 14.6 Å². The lowest BCUT2D eigenvalue weighted by Gasteiger charge is -2.57. The second-order valence-electron chi connectivity index (χ2n) is 12.6. The highest BCUT2D eigenvalue weighted by Crippen LogP contribution is 2.69. The Morgan fingerprint density at radius 3 is 2.59 bits per heavy atom. The number of hydrogen-bond donors (Lipinski definition) is 1. The van der Waals surface area contributed by atoms with Gasteiger partial charge in [0.15, 0.2) is 5.79 Å². The molecule has 11 atom stereocenters. The Balaban J connectivity index is 1.35. The Labute approximate surface area is 191 Å². The summed E-state index contributed by atoms with van der Waals surface area (Å²) in [7, 11) is 0. The van der Waals surface area contributed by atoms with E-state index in [9.17, 15) is 14.7 Å². The Bertz CT molecular complexity index is 884. The van der Waals surface area contributed by atoms with Gasteiger partial charge in [0.1, 0.15) is 11.6 Å². The quantitative estimate of drug-likeness (QED) is 0.573. The largest absolute Gasteiger partial charge is 0.389 e. The fourth-order valence-corrected chi connectivity index (χ4v) is 9.25. The number of allylic oxidation sites excluding steroid dienone is 1. The Kier molecular flexibility index (Phi) is 4.54. The fraction of sp³-hybridized carbons (Fsp3) is 0.852. The van der Waals surface area contributed by atoms with Crippen molar-refractivity contribution in [2.45, 2.75) is 90.6 Å². The van der Waals surface area contributed by atoms with E-state index < -0.39 is 11.9 Å². The number of rotatable bonds is 0. The number of Topliss-reactive ketones (excluding diaryl/α,β-unsaturated/α-hetero) is 2. The van der Waals surface area contributed by atoms with Crippen LogP contribution in [0.2, 0.25) is 0 Å². The zero-order valence-corrected chi connectivity index (χ0v) is 19.9. The number of fused-ring (bicyclic) bond motifs is 7. The topological polar surface area (TPSA) is 72.8 Å². The van der Waals surface area contributed by atoms with Gasteiger partial charge in [0.2, 0.25) is 0 Å². The van der Waals surface area contributed by atoms with Gasteiger partial charge in [-0.15, -0.1) is 0 Å². The molecule has 0 amide bonds. The molecule has 0 aromatic carbocycles. The summed E-state index contributed by atoms with van der Waals surface area (Å²) in [6.07, 6.45) is 6.77. The van der Waals surface area contributed by atoms with E-state index in [1.54, 1.807) is 0 Å². The van der Waals surface area contributed by atoms with Crippen LogP contribution in [0.25, 0.3) is 0 Å². The third-order valence-corrected chi connectivity index (χ3v) is 10.9. The van der Waals surface area contributed by atoms with Crippen molar-refractivity contribution < 1.29 is 24.2 Å². The summed E-state index contributed by atoms with van der Waals surface area (Å²) >= 11 is 0. The lowest BCUT2D eigenvalue weighted by molar-refractivity contribution is -0.272. The van der Waals surface area contributed by atoms with Crippen molar-refractivity contribution in [2.75, 3.05) is 6.61 Å². The van der Waals surface area contributed by atoms with Crippen LogP contribution in [-0.4, -0.2) is 41.3 Å². The predicted octanol–water partition coefficient (Wildman–Crippen LogP) is 4.07. The Morgan fingerprint density at radius 1 is 1.09 bits per heavy atom. The molecular formula is C27H38O5. The molecule has 1 spiro atoms. The summed E-state index contributed by atoms with van der Waals surface area (Å²) in [5, 5.41) is 10.2. The zero-order chi connectivity index (χ0) is 22.6. The summed E-state index contributed by atoms with van der Waals surface area (Å²) < 4.78 is 13.1. The van der Waals surface area contributed by atoms with Crippen molar-refractivity contribution >= 4 is 11.6 Å². The van der Waals surface area contributed by atoms with Gasteiger partial charge in [-0.2, -0.15) is 0 Å². The Morgan fingerprint density at radius 2 is 1.88 bits per heavy atom. The molecule has 0 radical (unpaired) electrons. The van der Waals surface area contributed by atoms with Crippen LogP contribution in [0.1, 0.15) is 72.6 Å². The summed E-state index contributed by atoms with van der Waals surface area (Å²) in [4.78, 5) is 27.4. The number of ether oxygens (including phenoxy) is 2. The van der Waals surface area contributed by atoms with E-state index in [0.29, 0.717) is 25.2 Å². The first-order chi connectivity index (χ1) is 15.1. The summed E-state index contributed by atoms with van der Waals surface area (Å²) in [5.41, 5.74) is 0.509. The molecule has 176 valence electrons. The van der Waals surface area contributed by atoms with E-state index in [-0.39, 0.29) is 58.1 Å². The molecule has 0 bridgehead atoms. The van der Waals surface area contributed by atoms with Gasteiger partial charge >= 0.3 is 0 Å². The molecule has 4 aliphatic carbocycles. The molecule has 3 saturated carbocycles. The third-order valence-electron chi connectivity index (χ3n) is 10.9. The maximum absolute atomic E-state index is 13.9. The van der Waals surface area contributed by atoms with E-state index in [1.165, 1.54) is 0 Å². The van der Waals surface area contributed by atoms with Crippen LogP contribution in [0.4, 0.5) is 0 Å². The first-order valence-electron chi connectivity index (χ1n) is 12.9. The van der Waals surface area contributed by atoms with Crippen LogP contribution in [-0.2, 0) is 19.1 Å². The average molecular weight is 443 g/mol. The van der Waals surface area contributed by atoms with Crippen molar-refractivity contribution in [3.05, 3.63) is 11.6 Å². The number of hydrogen-bond acceptors (Lipinski definition) is 5. The second kappa shape index (κ2) is 6.76. The summed E-state index contributed by atoms with van der Waals surface area (Å²) in [6.45, 7) is 9.68. The van der Waals surface area contributed by atoms with Gasteiger partial charge in [0.25, 0.3) is 0 Å². The molecule has 5 fully saturated rings. The number of carbonyl (C=O) groups excluding carboxylic acids is 2. The number of carbonyl (C=O) groups is 2. The van der Waals surface area contributed by atoms with Gasteiger partial charge in [-0.05, 0) is 54.3 Å². The molecule has 5 nitrogen and oxygen atoms in total. The minimum Gasteiger partial charge on any atom is -0.389 e. The van der Waals surface area contributed by atoms with Crippen molar-refractivity contribution in [3.8, 4) is 0 Å². The van der Waals surface area contributed by atoms with Crippen molar-refractivity contribution in [1.82, 2.24) is 0 Å². The van der Waals surface area contributed by atoms with E-state index in [0.717, 1.165) is 37.9 Å². The standard InChI is InChI=1S/C27H38O5/c1-14-5-8-27(31-13-14)15(2)23-21(32-27)11-18-22-19(29)10-16-9-17(28)6-7-25(16,3)24(22)20(30)12-26(18,23)4/h9,14-15,17-18,21-24,28H,5-8,10-13H2,1-4H3/t14-,15+,17+,18-,21+,22-,23+,24+,25+,26+,27-/m1/s1. The monoisotopic (exact) mass is 442 g/mol. The van der Waals surface area contributed by atoms with Crippen LogP contribution in [0, 0.1) is 46.3 Å². The molecule has 2 aliphatic heterocycles. The molecule has 1 N–H and O–H groups in total. The van der Waals surface area contributed by atoms with Crippen LogP contribution in [0.15, 0.2) is 11.6 Å². The van der Waals surface area contributed by atoms with E-state index in [1.807, 2.05) is 6.08 Å². The second-order valence-corrected chi connectivity index (χ2v) is 12.6. The molecule has 0 aromatic rings. The Hall–Kier alpha value is -1.04. The van der Waals surface area contributed by atoms with Crippen molar-refractivity contribution in [2.24, 2.45) is 46.3 Å². The maximum atomic E-state index is 13.9. The van der Waals surface area contributed by atoms with Crippen LogP contribution < -0.4 is 0 Å². The molecule has 0 aromatic heterocycles. The van der Waals surface area contributed by atoms with E-state index in [4.69, 9.17) is 9.47 Å². The van der Waals surface area contributed by atoms with Crippen molar-refractivity contribution in [3.63, 3.8) is 0 Å². The minimum atomic E-state index is -0.506. The summed E-state index contributed by atoms with van der Waals surface area (Å²) in [6, 6.07) is 0. The number of ketones is 2. The fourth-order valence-electron chi connectivity index (χ4n) is 9.25. The van der Waals surface area contributed by atoms with Crippen LogP contribution in [0.3, 0.4) is 0 Å². The predicted molar refractivity (Wildman–Crippen MR) is 118 cm³/mol. The van der Waals surface area contributed by atoms with Crippen LogP contribution >= 0.6 is 0 Å². The number of aliphatic hydroxyl groups excluding tert-OH is 1. The molecule has 2 heterocycles. The first kappa shape index (κ1) is 21.5. The van der Waals surface area contributed by atoms with Crippen LogP contribution in [0.5, 0.6) is 0 Å². The van der Waals surface area contributed by atoms with Gasteiger partial charge in [-0.25, -0.2) is 0 Å². The first-order valence-corrected chi connectivity index (χ1v) is 12.9. The van der Waals surface area contributed by atoms with E-state index >= 15 is 0 Å². The lowest BCUT2D eigenvalue weighted by atomic mass is 9.45. The van der Waals surface area contributed by atoms with Gasteiger partial charge in [0, 0.05) is 37.0 Å². The smallest absolute Gasteiger partial charge is 0.171 e. The molecule has 2 saturated heterocycles. The highest BCUT2D eigenvalue weighted by atomic mass is 16.7. The molecule has 5 heteroatoms. The SMILES string of the molecule is C[C@@H]1CC[C@@]2(OC1)O[C@H]1C[C@@H]3[C@@H]4C(=O)CC5=C[C@@H](O)CC[C@]5(C)[C@H]4C(=O)C[C@]3(C)[C@H]1[C@@H]2C. The van der Waals surface area contributed by atoms with Crippen molar-refractivity contribution in [1.29, 1.82) is 0 Å². The van der Waals surface area contributed by atoms with Gasteiger partial charge in [-0.1, -0.05) is 39.3 Å². The lowest BCUT2D eigenvalue weighted by Crippen LogP contribution is -2.59. The molecule has 6 aliphatic rings. The normalized spacial score (nSPS) is 57.0. The number of aliphatic hydroxyl groups is 1. The highest BCUT2D eigenvalue weighted by Gasteiger charge is 2.71. The molecule has 6 rings (SSSR count). The molecule has 0 unspecified atom stereocenters. The third kappa shape index (κ3) is 2.62. The average Bonchev–Trinajstić information content (AvgIpc) is 3.16. The minimum absolute atomic E-state index is 0.0747. The zero-order valence-electron chi connectivity index (χ0n) is 19.9. The van der Waals surface area contributed by atoms with Gasteiger partial charge in [-0.3, -0.25) is 9.59 Å². The maximum Gasteiger partial charge on any atom is 0.171 e. The van der Waals surface area contributed by atoms with E-state index in [2.05, 4.69) is 27.7 Å².